The third-order valence-corrected chi connectivity index (χ3v) is 3.56. The van der Waals surface area contributed by atoms with E-state index in [0.717, 1.165) is 24.8 Å². The Morgan fingerprint density at radius 2 is 1.80 bits per heavy atom. The van der Waals surface area contributed by atoms with Crippen molar-refractivity contribution < 1.29 is 4.79 Å². The van der Waals surface area contributed by atoms with Crippen molar-refractivity contribution in [3.8, 4) is 11.4 Å². The molecular formula is C20H28N4O. The highest BCUT2D eigenvalue weighted by Crippen LogP contribution is 2.20. The Hall–Kier alpha value is -2.43. The SMILES string of the molecule is CCCCCNC(=O)c1cc(NC(C)(C)C)nc(-c2ccccc2)n1. The maximum absolute atomic E-state index is 12.5. The van der Waals surface area contributed by atoms with E-state index >= 15 is 0 Å². The Labute approximate surface area is 150 Å². The van der Waals surface area contributed by atoms with Crippen molar-refractivity contribution in [2.24, 2.45) is 0 Å². The highest BCUT2D eigenvalue weighted by Gasteiger charge is 2.16. The first kappa shape index (κ1) is 18.9. The van der Waals surface area contributed by atoms with E-state index in [2.05, 4.69) is 48.3 Å². The molecule has 1 heterocycles. The summed E-state index contributed by atoms with van der Waals surface area (Å²) in [6, 6.07) is 11.4. The molecule has 0 saturated heterocycles. The molecular weight excluding hydrogens is 312 g/mol. The fourth-order valence-corrected chi connectivity index (χ4v) is 2.40. The largest absolute Gasteiger partial charge is 0.365 e. The van der Waals surface area contributed by atoms with Crippen molar-refractivity contribution in [3.05, 3.63) is 42.1 Å². The molecule has 0 bridgehead atoms. The van der Waals surface area contributed by atoms with Gasteiger partial charge in [-0.25, -0.2) is 9.97 Å². The molecule has 0 unspecified atom stereocenters. The Balaban J connectivity index is 2.28. The fraction of sp³-hybridized carbons (Fsp3) is 0.450. The molecule has 2 rings (SSSR count). The van der Waals surface area contributed by atoms with Gasteiger partial charge in [0.2, 0.25) is 0 Å². The van der Waals surface area contributed by atoms with Gasteiger partial charge in [-0.2, -0.15) is 0 Å². The van der Waals surface area contributed by atoms with Crippen LogP contribution in [0.15, 0.2) is 36.4 Å². The van der Waals surface area contributed by atoms with Crippen LogP contribution < -0.4 is 10.6 Å². The summed E-state index contributed by atoms with van der Waals surface area (Å²) >= 11 is 0. The predicted octanol–water partition coefficient (Wildman–Crippen LogP) is 4.27. The number of carbonyl (C=O) groups is 1. The van der Waals surface area contributed by atoms with Crippen LogP contribution in [0.1, 0.15) is 57.4 Å². The van der Waals surface area contributed by atoms with Gasteiger partial charge in [0, 0.05) is 23.7 Å². The van der Waals surface area contributed by atoms with Crippen LogP contribution in [0.3, 0.4) is 0 Å². The summed E-state index contributed by atoms with van der Waals surface area (Å²) < 4.78 is 0. The van der Waals surface area contributed by atoms with Crippen LogP contribution >= 0.6 is 0 Å². The van der Waals surface area contributed by atoms with Gasteiger partial charge < -0.3 is 10.6 Å². The molecule has 1 aromatic heterocycles. The predicted molar refractivity (Wildman–Crippen MR) is 103 cm³/mol. The molecule has 2 N–H and O–H groups in total. The van der Waals surface area contributed by atoms with E-state index in [-0.39, 0.29) is 11.4 Å². The zero-order valence-corrected chi connectivity index (χ0v) is 15.6. The van der Waals surface area contributed by atoms with Crippen molar-refractivity contribution in [1.82, 2.24) is 15.3 Å². The average Bonchev–Trinajstić information content (AvgIpc) is 2.57. The van der Waals surface area contributed by atoms with Crippen LogP contribution in [0, 0.1) is 0 Å². The lowest BCUT2D eigenvalue weighted by Crippen LogP contribution is -2.29. The van der Waals surface area contributed by atoms with E-state index in [1.54, 1.807) is 6.07 Å². The number of anilines is 1. The Kier molecular flexibility index (Phi) is 6.51. The summed E-state index contributed by atoms with van der Waals surface area (Å²) in [4.78, 5) is 21.5. The first-order valence-corrected chi connectivity index (χ1v) is 8.90. The minimum atomic E-state index is -0.160. The van der Waals surface area contributed by atoms with Crippen molar-refractivity contribution in [2.45, 2.75) is 52.5 Å². The molecule has 0 spiro atoms. The Morgan fingerprint density at radius 3 is 2.44 bits per heavy atom. The lowest BCUT2D eigenvalue weighted by Gasteiger charge is -2.22. The van der Waals surface area contributed by atoms with Crippen LogP contribution in [-0.4, -0.2) is 28.0 Å². The number of nitrogens with zero attached hydrogens (tertiary/aromatic N) is 2. The standard InChI is InChI=1S/C20H28N4O/c1-5-6-10-13-21-19(25)16-14-17(24-20(2,3)4)23-18(22-16)15-11-8-7-9-12-15/h7-9,11-12,14H,5-6,10,13H2,1-4H3,(H,21,25)(H,22,23,24). The fourth-order valence-electron chi connectivity index (χ4n) is 2.40. The smallest absolute Gasteiger partial charge is 0.270 e. The summed E-state index contributed by atoms with van der Waals surface area (Å²) in [5.74, 6) is 1.04. The second-order valence-corrected chi connectivity index (χ2v) is 7.17. The Bertz CT molecular complexity index is 693. The number of carbonyl (C=O) groups excluding carboxylic acids is 1. The molecule has 1 aromatic carbocycles. The van der Waals surface area contributed by atoms with E-state index in [1.165, 1.54) is 0 Å². The summed E-state index contributed by atoms with van der Waals surface area (Å²) in [5.41, 5.74) is 1.12. The van der Waals surface area contributed by atoms with Gasteiger partial charge in [0.15, 0.2) is 5.82 Å². The van der Waals surface area contributed by atoms with E-state index in [9.17, 15) is 4.79 Å². The maximum atomic E-state index is 12.5. The van der Waals surface area contributed by atoms with Crippen molar-refractivity contribution >= 4 is 11.7 Å². The third-order valence-electron chi connectivity index (χ3n) is 3.56. The second kappa shape index (κ2) is 8.60. The lowest BCUT2D eigenvalue weighted by atomic mass is 10.1. The zero-order chi connectivity index (χ0) is 18.3. The number of benzene rings is 1. The first-order valence-electron chi connectivity index (χ1n) is 8.90. The van der Waals surface area contributed by atoms with E-state index in [4.69, 9.17) is 0 Å². The third kappa shape index (κ3) is 6.18. The minimum absolute atomic E-state index is 0.156. The molecule has 5 nitrogen and oxygen atoms in total. The Morgan fingerprint density at radius 1 is 1.08 bits per heavy atom. The van der Waals surface area contributed by atoms with Crippen LogP contribution in [0.2, 0.25) is 0 Å². The monoisotopic (exact) mass is 340 g/mol. The molecule has 0 aliphatic heterocycles. The van der Waals surface area contributed by atoms with Gasteiger partial charge >= 0.3 is 0 Å². The van der Waals surface area contributed by atoms with Crippen LogP contribution in [0.4, 0.5) is 5.82 Å². The number of rotatable bonds is 7. The minimum Gasteiger partial charge on any atom is -0.365 e. The molecule has 0 atom stereocenters. The number of aromatic nitrogens is 2. The molecule has 5 heteroatoms. The zero-order valence-electron chi connectivity index (χ0n) is 15.6. The summed E-state index contributed by atoms with van der Waals surface area (Å²) in [6.45, 7) is 8.98. The van der Waals surface area contributed by atoms with Crippen LogP contribution in [-0.2, 0) is 0 Å². The lowest BCUT2D eigenvalue weighted by molar-refractivity contribution is 0.0948. The molecule has 0 saturated carbocycles. The number of amides is 1. The van der Waals surface area contributed by atoms with Crippen molar-refractivity contribution in [1.29, 1.82) is 0 Å². The second-order valence-electron chi connectivity index (χ2n) is 7.17. The topological polar surface area (TPSA) is 66.9 Å². The first-order chi connectivity index (χ1) is 11.9. The van der Waals surface area contributed by atoms with Gasteiger partial charge in [0.25, 0.3) is 5.91 Å². The highest BCUT2D eigenvalue weighted by molar-refractivity contribution is 5.93. The quantitative estimate of drug-likeness (QED) is 0.739. The summed E-state index contributed by atoms with van der Waals surface area (Å²) in [5, 5.41) is 6.28. The van der Waals surface area contributed by atoms with Crippen molar-refractivity contribution in [3.63, 3.8) is 0 Å². The maximum Gasteiger partial charge on any atom is 0.270 e. The highest BCUT2D eigenvalue weighted by atomic mass is 16.1. The van der Waals surface area contributed by atoms with Gasteiger partial charge in [-0.1, -0.05) is 50.1 Å². The number of hydrogen-bond acceptors (Lipinski definition) is 4. The van der Waals surface area contributed by atoms with Crippen LogP contribution in [0.25, 0.3) is 11.4 Å². The molecule has 0 fully saturated rings. The number of nitrogens with one attached hydrogen (secondary N) is 2. The van der Waals surface area contributed by atoms with Gasteiger partial charge in [-0.05, 0) is 27.2 Å². The van der Waals surface area contributed by atoms with Gasteiger partial charge in [0.05, 0.1) is 0 Å². The van der Waals surface area contributed by atoms with Gasteiger partial charge in [-0.3, -0.25) is 4.79 Å². The summed E-state index contributed by atoms with van der Waals surface area (Å²) in [7, 11) is 0. The summed E-state index contributed by atoms with van der Waals surface area (Å²) in [6.07, 6.45) is 3.21. The van der Waals surface area contributed by atoms with E-state index in [0.29, 0.717) is 23.9 Å². The molecule has 0 aliphatic rings. The normalized spacial score (nSPS) is 11.2. The number of unbranched alkanes of at least 4 members (excludes halogenated alkanes) is 2. The molecule has 134 valence electrons. The molecule has 1 amide bonds. The van der Waals surface area contributed by atoms with Gasteiger partial charge in [0.1, 0.15) is 11.5 Å². The molecule has 25 heavy (non-hydrogen) atoms. The van der Waals surface area contributed by atoms with E-state index < -0.39 is 0 Å². The van der Waals surface area contributed by atoms with Crippen molar-refractivity contribution in [2.75, 3.05) is 11.9 Å². The molecule has 0 aliphatic carbocycles. The molecule has 2 aromatic rings. The average molecular weight is 340 g/mol. The number of hydrogen-bond donors (Lipinski definition) is 2. The molecule has 0 radical (unpaired) electrons. The van der Waals surface area contributed by atoms with E-state index in [1.807, 2.05) is 30.3 Å². The van der Waals surface area contributed by atoms with Gasteiger partial charge in [-0.15, -0.1) is 0 Å². The van der Waals surface area contributed by atoms with Crippen LogP contribution in [0.5, 0.6) is 0 Å².